The van der Waals surface area contributed by atoms with Gasteiger partial charge in [0.1, 0.15) is 8.07 Å². The highest BCUT2D eigenvalue weighted by Crippen LogP contribution is 2.57. The third-order valence-electron chi connectivity index (χ3n) is 8.76. The Morgan fingerprint density at radius 1 is 0.400 bits per heavy atom. The molecular formula is C39H32Si. The largest absolute Gasteiger partial charge is 0.118 e. The fourth-order valence-corrected chi connectivity index (χ4v) is 10.9. The molecule has 0 saturated heterocycles. The molecule has 0 aromatic heterocycles. The van der Waals surface area contributed by atoms with Crippen molar-refractivity contribution >= 4 is 51.2 Å². The molecule has 0 bridgehead atoms. The number of rotatable bonds is 5. The molecule has 6 aromatic carbocycles. The van der Waals surface area contributed by atoms with E-state index in [2.05, 4.69) is 159 Å². The lowest BCUT2D eigenvalue weighted by Crippen LogP contribution is -2.32. The van der Waals surface area contributed by atoms with E-state index >= 15 is 0 Å². The Morgan fingerprint density at radius 2 is 0.775 bits per heavy atom. The van der Waals surface area contributed by atoms with E-state index in [0.717, 1.165) is 6.04 Å². The van der Waals surface area contributed by atoms with E-state index in [-0.39, 0.29) is 0 Å². The van der Waals surface area contributed by atoms with Crippen LogP contribution in [0.3, 0.4) is 0 Å². The smallest absolute Gasteiger partial charge is 0.0672 e. The van der Waals surface area contributed by atoms with Crippen LogP contribution in [0.2, 0.25) is 12.6 Å². The van der Waals surface area contributed by atoms with Crippen LogP contribution in [-0.4, -0.2) is 8.07 Å². The number of benzene rings is 6. The van der Waals surface area contributed by atoms with Crippen molar-refractivity contribution in [3.8, 4) is 0 Å². The summed E-state index contributed by atoms with van der Waals surface area (Å²) >= 11 is 0. The number of hydrogen-bond donors (Lipinski definition) is 0. The van der Waals surface area contributed by atoms with Crippen LogP contribution in [0.1, 0.15) is 29.2 Å². The zero-order chi connectivity index (χ0) is 27.1. The summed E-state index contributed by atoms with van der Waals surface area (Å²) < 4.78 is 0. The van der Waals surface area contributed by atoms with Gasteiger partial charge < -0.3 is 0 Å². The average Bonchev–Trinajstić information content (AvgIpc) is 3.31. The van der Waals surface area contributed by atoms with Gasteiger partial charge in [0, 0.05) is 0 Å². The second-order valence-corrected chi connectivity index (χ2v) is 15.4. The first-order chi connectivity index (χ1) is 19.7. The summed E-state index contributed by atoms with van der Waals surface area (Å²) in [5, 5.41) is 8.28. The molecule has 1 aliphatic heterocycles. The van der Waals surface area contributed by atoms with Gasteiger partial charge in [0.15, 0.2) is 0 Å². The van der Waals surface area contributed by atoms with E-state index in [1.165, 1.54) is 54.9 Å². The predicted octanol–water partition coefficient (Wildman–Crippen LogP) is 10.7. The van der Waals surface area contributed by atoms with Gasteiger partial charge in [-0.1, -0.05) is 153 Å². The number of allylic oxidation sites excluding steroid dienone is 2. The Hall–Kier alpha value is -4.46. The van der Waals surface area contributed by atoms with Gasteiger partial charge in [-0.05, 0) is 77.5 Å². The minimum atomic E-state index is -2.21. The summed E-state index contributed by atoms with van der Waals surface area (Å²) in [5.41, 5.74) is 8.12. The van der Waals surface area contributed by atoms with E-state index in [0.29, 0.717) is 0 Å². The van der Waals surface area contributed by atoms with Gasteiger partial charge in [0.2, 0.25) is 0 Å². The van der Waals surface area contributed by atoms with E-state index in [1.807, 2.05) is 0 Å². The maximum atomic E-state index is 2.60. The zero-order valence-corrected chi connectivity index (χ0v) is 24.1. The molecule has 1 heterocycles. The summed E-state index contributed by atoms with van der Waals surface area (Å²) in [6.07, 6.45) is 0. The topological polar surface area (TPSA) is 0 Å². The van der Waals surface area contributed by atoms with Crippen molar-refractivity contribution in [3.05, 3.63) is 168 Å². The Kier molecular flexibility index (Phi) is 6.10. The summed E-state index contributed by atoms with van der Waals surface area (Å²) in [6.45, 7) is 5.01. The lowest BCUT2D eigenvalue weighted by Gasteiger charge is -2.30. The molecular weight excluding hydrogens is 497 g/mol. The number of fused-ring (bicyclic) bond motifs is 2. The van der Waals surface area contributed by atoms with E-state index < -0.39 is 8.07 Å². The summed E-state index contributed by atoms with van der Waals surface area (Å²) in [6, 6.07) is 55.0. The first kappa shape index (κ1) is 24.6. The lowest BCUT2D eigenvalue weighted by molar-refractivity contribution is 1.40. The standard InChI is InChI=1S/C39H32Si/c1-3-40(2)38(34-24-22-28-14-10-12-20-32(28)26-34)36(30-16-6-4-7-17-30)37(31-18-8-5-9-19-31)39(40)35-25-23-29-15-11-13-21-33(29)27-35/h4-27H,3H2,1-2H3. The molecule has 0 fully saturated rings. The van der Waals surface area contributed by atoms with E-state index in [4.69, 9.17) is 0 Å². The molecule has 192 valence electrons. The third-order valence-corrected chi connectivity index (χ3v) is 13.5. The molecule has 0 N–H and O–H groups in total. The molecule has 0 saturated carbocycles. The van der Waals surface area contributed by atoms with Crippen LogP contribution in [0.25, 0.3) is 43.1 Å². The van der Waals surface area contributed by atoms with Crippen molar-refractivity contribution in [2.75, 3.05) is 0 Å². The van der Waals surface area contributed by atoms with Crippen LogP contribution in [0.4, 0.5) is 0 Å². The lowest BCUT2D eigenvalue weighted by atomic mass is 9.89. The molecule has 0 nitrogen and oxygen atoms in total. The van der Waals surface area contributed by atoms with Crippen LogP contribution < -0.4 is 0 Å². The quantitative estimate of drug-likeness (QED) is 0.195. The molecule has 40 heavy (non-hydrogen) atoms. The highest BCUT2D eigenvalue weighted by molar-refractivity contribution is 7.13. The molecule has 1 aliphatic rings. The Labute approximate surface area is 238 Å². The van der Waals surface area contributed by atoms with Crippen molar-refractivity contribution in [2.24, 2.45) is 0 Å². The van der Waals surface area contributed by atoms with Crippen LogP contribution in [0, 0.1) is 0 Å². The van der Waals surface area contributed by atoms with Crippen molar-refractivity contribution in [1.82, 2.24) is 0 Å². The van der Waals surface area contributed by atoms with E-state index in [9.17, 15) is 0 Å². The molecule has 0 atom stereocenters. The molecule has 0 spiro atoms. The van der Waals surface area contributed by atoms with Crippen molar-refractivity contribution in [2.45, 2.75) is 19.5 Å². The van der Waals surface area contributed by atoms with Crippen molar-refractivity contribution < 1.29 is 0 Å². The normalized spacial score (nSPS) is 14.8. The highest BCUT2D eigenvalue weighted by Gasteiger charge is 2.45. The highest BCUT2D eigenvalue weighted by atomic mass is 28.3. The molecule has 1 heteroatoms. The Balaban J connectivity index is 1.61. The maximum absolute atomic E-state index is 2.60. The molecule has 6 aromatic rings. The van der Waals surface area contributed by atoms with Gasteiger partial charge in [-0.3, -0.25) is 0 Å². The van der Waals surface area contributed by atoms with E-state index in [1.54, 1.807) is 10.4 Å². The predicted molar refractivity (Wildman–Crippen MR) is 177 cm³/mol. The number of hydrogen-bond acceptors (Lipinski definition) is 0. The van der Waals surface area contributed by atoms with Crippen LogP contribution >= 0.6 is 0 Å². The molecule has 0 amide bonds. The van der Waals surface area contributed by atoms with Crippen molar-refractivity contribution in [1.29, 1.82) is 0 Å². The second kappa shape index (κ2) is 9.93. The fourth-order valence-electron chi connectivity index (χ4n) is 6.68. The first-order valence-corrected chi connectivity index (χ1v) is 17.0. The SMILES string of the molecule is CC[Si]1(C)C(c2ccc3ccccc3c2)=C(c2ccccc2)C(c2ccccc2)=C1c1ccc2ccccc2c1. The average molecular weight is 529 g/mol. The van der Waals surface area contributed by atoms with Crippen LogP contribution in [-0.2, 0) is 0 Å². The van der Waals surface area contributed by atoms with Crippen molar-refractivity contribution in [3.63, 3.8) is 0 Å². The van der Waals surface area contributed by atoms with Gasteiger partial charge in [-0.2, -0.15) is 0 Å². The zero-order valence-electron chi connectivity index (χ0n) is 23.1. The van der Waals surface area contributed by atoms with Gasteiger partial charge in [-0.25, -0.2) is 0 Å². The summed E-state index contributed by atoms with van der Waals surface area (Å²) in [4.78, 5) is 0. The molecule has 0 radical (unpaired) electrons. The first-order valence-electron chi connectivity index (χ1n) is 14.3. The summed E-state index contributed by atoms with van der Waals surface area (Å²) in [7, 11) is -2.21. The van der Waals surface area contributed by atoms with Crippen LogP contribution in [0.5, 0.6) is 0 Å². The minimum Gasteiger partial charge on any atom is -0.0672 e. The monoisotopic (exact) mass is 528 g/mol. The summed E-state index contributed by atoms with van der Waals surface area (Å²) in [5.74, 6) is 0. The molecule has 0 unspecified atom stereocenters. The maximum Gasteiger partial charge on any atom is 0.118 e. The van der Waals surface area contributed by atoms with Gasteiger partial charge in [0.05, 0.1) is 0 Å². The minimum absolute atomic E-state index is 1.13. The fraction of sp³-hybridized carbons (Fsp3) is 0.0769. The molecule has 0 aliphatic carbocycles. The Morgan fingerprint density at radius 3 is 1.18 bits per heavy atom. The van der Waals surface area contributed by atoms with Crippen LogP contribution in [0.15, 0.2) is 146 Å². The molecule has 7 rings (SSSR count). The second-order valence-electron chi connectivity index (χ2n) is 11.0. The van der Waals surface area contributed by atoms with Gasteiger partial charge in [-0.15, -0.1) is 0 Å². The van der Waals surface area contributed by atoms with Gasteiger partial charge >= 0.3 is 0 Å². The van der Waals surface area contributed by atoms with Gasteiger partial charge in [0.25, 0.3) is 0 Å². The third kappa shape index (κ3) is 3.97. The Bertz CT molecular complexity index is 1790.